The third kappa shape index (κ3) is 3.14. The van der Waals surface area contributed by atoms with Gasteiger partial charge in [0.05, 0.1) is 27.9 Å². The average molecular weight is 272 g/mol. The topological polar surface area (TPSA) is 92.4 Å². The van der Waals surface area contributed by atoms with E-state index in [-0.39, 0.29) is 10.6 Å². The van der Waals surface area contributed by atoms with Crippen molar-refractivity contribution in [2.75, 3.05) is 17.3 Å². The summed E-state index contributed by atoms with van der Waals surface area (Å²) in [5, 5.41) is 12.7. The van der Waals surface area contributed by atoms with Gasteiger partial charge in [0.15, 0.2) is 9.84 Å². The Labute approximate surface area is 108 Å². The number of nitrogens with one attached hydrogen (secondary N) is 1. The van der Waals surface area contributed by atoms with E-state index in [1.54, 1.807) is 19.1 Å². The highest BCUT2D eigenvalue weighted by atomic mass is 32.2. The van der Waals surface area contributed by atoms with Gasteiger partial charge in [0.2, 0.25) is 0 Å². The molecule has 1 aromatic carbocycles. The van der Waals surface area contributed by atoms with Crippen LogP contribution in [0.2, 0.25) is 0 Å². The van der Waals surface area contributed by atoms with Crippen molar-refractivity contribution in [2.45, 2.75) is 37.3 Å². The van der Waals surface area contributed by atoms with E-state index < -0.39 is 21.5 Å². The average Bonchev–Trinajstić information content (AvgIpc) is 2.18. The van der Waals surface area contributed by atoms with Gasteiger partial charge in [0.25, 0.3) is 0 Å². The summed E-state index contributed by atoms with van der Waals surface area (Å²) in [5.74, 6) is 0. The fourth-order valence-corrected chi connectivity index (χ4v) is 2.26. The highest BCUT2D eigenvalue weighted by molar-refractivity contribution is 7.90. The molecule has 0 aliphatic carbocycles. The van der Waals surface area contributed by atoms with Gasteiger partial charge in [-0.15, -0.1) is 0 Å². The molecule has 0 amide bonds. The minimum absolute atomic E-state index is 0.0916. The fraction of sp³-hybridized carbons (Fsp3) is 0.500. The molecular formula is C12H20N2O3S. The van der Waals surface area contributed by atoms with Crippen LogP contribution in [0.4, 0.5) is 11.4 Å². The molecule has 102 valence electrons. The molecule has 1 rings (SSSR count). The zero-order valence-corrected chi connectivity index (χ0v) is 11.9. The summed E-state index contributed by atoms with van der Waals surface area (Å²) in [6.45, 7) is 5.28. The predicted octanol–water partition coefficient (Wildman–Crippen LogP) is 1.24. The molecule has 1 unspecified atom stereocenters. The van der Waals surface area contributed by atoms with Gasteiger partial charge in [0, 0.05) is 6.26 Å². The SMILES string of the molecule is CC(O)C(C)(C)Nc1cccc(S(C)(=O)=O)c1N. The molecule has 0 aromatic heterocycles. The van der Waals surface area contributed by atoms with Crippen LogP contribution in [0.25, 0.3) is 0 Å². The number of benzene rings is 1. The number of hydrogen-bond acceptors (Lipinski definition) is 5. The number of aliphatic hydroxyl groups excluding tert-OH is 1. The van der Waals surface area contributed by atoms with Gasteiger partial charge in [-0.1, -0.05) is 6.07 Å². The van der Waals surface area contributed by atoms with Gasteiger partial charge in [-0.2, -0.15) is 0 Å². The number of sulfone groups is 1. The standard InChI is InChI=1S/C12H20N2O3S/c1-8(15)12(2,3)14-9-6-5-7-10(11(9)13)18(4,16)17/h5-8,14-15H,13H2,1-4H3. The van der Waals surface area contributed by atoms with E-state index >= 15 is 0 Å². The van der Waals surface area contributed by atoms with Gasteiger partial charge in [-0.05, 0) is 32.9 Å². The number of para-hydroxylation sites is 1. The third-order valence-corrected chi connectivity index (χ3v) is 4.12. The second-order valence-corrected chi connectivity index (χ2v) is 7.00. The summed E-state index contributed by atoms with van der Waals surface area (Å²) in [4.78, 5) is 0.0916. The minimum Gasteiger partial charge on any atom is -0.396 e. The normalized spacial score (nSPS) is 14.3. The van der Waals surface area contributed by atoms with Crippen LogP contribution in [0.1, 0.15) is 20.8 Å². The smallest absolute Gasteiger partial charge is 0.177 e. The molecule has 0 aliphatic heterocycles. The summed E-state index contributed by atoms with van der Waals surface area (Å²) < 4.78 is 23.1. The van der Waals surface area contributed by atoms with Crippen LogP contribution in [0.15, 0.2) is 23.1 Å². The molecule has 6 heteroatoms. The maximum Gasteiger partial charge on any atom is 0.177 e. The predicted molar refractivity (Wildman–Crippen MR) is 73.3 cm³/mol. The van der Waals surface area contributed by atoms with E-state index in [0.29, 0.717) is 5.69 Å². The molecule has 1 atom stereocenters. The Morgan fingerprint density at radius 2 is 1.94 bits per heavy atom. The van der Waals surface area contributed by atoms with Crippen molar-refractivity contribution in [2.24, 2.45) is 0 Å². The molecule has 1 aromatic rings. The van der Waals surface area contributed by atoms with Crippen LogP contribution in [0.5, 0.6) is 0 Å². The van der Waals surface area contributed by atoms with E-state index in [9.17, 15) is 13.5 Å². The Hall–Kier alpha value is -1.27. The van der Waals surface area contributed by atoms with Crippen molar-refractivity contribution >= 4 is 21.2 Å². The molecule has 0 radical (unpaired) electrons. The Balaban J connectivity index is 3.22. The second kappa shape index (κ2) is 4.78. The van der Waals surface area contributed by atoms with Crippen molar-refractivity contribution in [3.05, 3.63) is 18.2 Å². The zero-order valence-electron chi connectivity index (χ0n) is 11.1. The summed E-state index contributed by atoms with van der Waals surface area (Å²) in [5.41, 5.74) is 5.92. The van der Waals surface area contributed by atoms with E-state index in [2.05, 4.69) is 5.32 Å². The van der Waals surface area contributed by atoms with E-state index in [4.69, 9.17) is 5.73 Å². The Morgan fingerprint density at radius 3 is 2.39 bits per heavy atom. The number of nitrogen functional groups attached to an aromatic ring is 1. The lowest BCUT2D eigenvalue weighted by atomic mass is 9.98. The van der Waals surface area contributed by atoms with E-state index in [0.717, 1.165) is 6.26 Å². The van der Waals surface area contributed by atoms with Crippen molar-refractivity contribution in [3.8, 4) is 0 Å². The Morgan fingerprint density at radius 1 is 1.39 bits per heavy atom. The molecular weight excluding hydrogens is 252 g/mol. The highest BCUT2D eigenvalue weighted by Gasteiger charge is 2.25. The summed E-state index contributed by atoms with van der Waals surface area (Å²) in [6, 6.07) is 4.77. The lowest BCUT2D eigenvalue weighted by Crippen LogP contribution is -2.42. The van der Waals surface area contributed by atoms with E-state index in [1.807, 2.05) is 13.8 Å². The number of aliphatic hydroxyl groups is 1. The van der Waals surface area contributed by atoms with Crippen LogP contribution in [-0.2, 0) is 9.84 Å². The maximum atomic E-state index is 11.5. The fourth-order valence-electron chi connectivity index (χ4n) is 1.43. The van der Waals surface area contributed by atoms with Crippen molar-refractivity contribution in [3.63, 3.8) is 0 Å². The number of hydrogen-bond donors (Lipinski definition) is 3. The largest absolute Gasteiger partial charge is 0.396 e. The maximum absolute atomic E-state index is 11.5. The molecule has 0 bridgehead atoms. The van der Waals surface area contributed by atoms with Crippen molar-refractivity contribution in [1.82, 2.24) is 0 Å². The van der Waals surface area contributed by atoms with Gasteiger partial charge in [-0.3, -0.25) is 0 Å². The van der Waals surface area contributed by atoms with Crippen molar-refractivity contribution in [1.29, 1.82) is 0 Å². The monoisotopic (exact) mass is 272 g/mol. The first-order valence-corrected chi connectivity index (χ1v) is 7.49. The number of rotatable bonds is 4. The molecule has 0 fully saturated rings. The molecule has 0 saturated carbocycles. The van der Waals surface area contributed by atoms with Crippen LogP contribution in [0, 0.1) is 0 Å². The highest BCUT2D eigenvalue weighted by Crippen LogP contribution is 2.29. The first-order chi connectivity index (χ1) is 8.05. The van der Waals surface area contributed by atoms with Crippen LogP contribution in [-0.4, -0.2) is 31.4 Å². The van der Waals surface area contributed by atoms with Gasteiger partial charge >= 0.3 is 0 Å². The second-order valence-electron chi connectivity index (χ2n) is 5.01. The molecule has 0 heterocycles. The molecule has 18 heavy (non-hydrogen) atoms. The van der Waals surface area contributed by atoms with Crippen LogP contribution < -0.4 is 11.1 Å². The van der Waals surface area contributed by atoms with Gasteiger partial charge in [-0.25, -0.2) is 8.42 Å². The Bertz CT molecular complexity index is 536. The van der Waals surface area contributed by atoms with Crippen LogP contribution >= 0.6 is 0 Å². The quantitative estimate of drug-likeness (QED) is 0.717. The first kappa shape index (κ1) is 14.8. The lowest BCUT2D eigenvalue weighted by Gasteiger charge is -2.31. The van der Waals surface area contributed by atoms with Crippen molar-refractivity contribution < 1.29 is 13.5 Å². The molecule has 0 aliphatic rings. The Kier molecular flexibility index (Phi) is 3.92. The van der Waals surface area contributed by atoms with Gasteiger partial charge < -0.3 is 16.2 Å². The lowest BCUT2D eigenvalue weighted by molar-refractivity contribution is 0.133. The summed E-state index contributed by atoms with van der Waals surface area (Å²) >= 11 is 0. The molecule has 0 spiro atoms. The molecule has 5 nitrogen and oxygen atoms in total. The number of anilines is 2. The molecule has 0 saturated heterocycles. The van der Waals surface area contributed by atoms with E-state index in [1.165, 1.54) is 6.07 Å². The summed E-state index contributed by atoms with van der Waals surface area (Å²) in [6.07, 6.45) is 0.501. The number of nitrogens with two attached hydrogens (primary N) is 1. The molecule has 4 N–H and O–H groups in total. The zero-order chi connectivity index (χ0) is 14.1. The van der Waals surface area contributed by atoms with Gasteiger partial charge in [0.1, 0.15) is 0 Å². The summed E-state index contributed by atoms with van der Waals surface area (Å²) in [7, 11) is -3.36. The van der Waals surface area contributed by atoms with Crippen LogP contribution in [0.3, 0.4) is 0 Å². The third-order valence-electron chi connectivity index (χ3n) is 2.97. The minimum atomic E-state index is -3.36. The first-order valence-electron chi connectivity index (χ1n) is 5.60.